The molecule has 1 aromatic carbocycles. The molecule has 168 valence electrons. The van der Waals surface area contributed by atoms with Crippen molar-refractivity contribution in [2.24, 2.45) is 0 Å². The first kappa shape index (κ1) is 21.8. The number of carbonyl (C=O) groups excluding carboxylic acids is 1. The van der Waals surface area contributed by atoms with E-state index in [1.54, 1.807) is 30.3 Å². The number of anilines is 1. The molecule has 0 radical (unpaired) electrons. The number of nitrogens with one attached hydrogen (secondary N) is 1. The zero-order valence-corrected chi connectivity index (χ0v) is 16.6. The smallest absolute Gasteiger partial charge is 0.292 e. The lowest BCUT2D eigenvalue weighted by Gasteiger charge is -2.08. The second kappa shape index (κ2) is 8.99. The van der Waals surface area contributed by atoms with Crippen molar-refractivity contribution in [3.05, 3.63) is 83.2 Å². The van der Waals surface area contributed by atoms with Crippen LogP contribution in [0.4, 0.5) is 23.4 Å². The fraction of sp³-hybridized carbons (Fsp3) is 0.143. The van der Waals surface area contributed by atoms with Crippen LogP contribution in [-0.2, 0) is 6.54 Å². The summed E-state index contributed by atoms with van der Waals surface area (Å²) in [5, 5.41) is 19.5. The van der Waals surface area contributed by atoms with Gasteiger partial charge in [0.25, 0.3) is 18.8 Å². The van der Waals surface area contributed by atoms with Crippen molar-refractivity contribution in [3.8, 4) is 11.8 Å². The Morgan fingerprint density at radius 1 is 1.12 bits per heavy atom. The topological polar surface area (TPSA) is 102 Å². The van der Waals surface area contributed by atoms with E-state index in [2.05, 4.69) is 15.5 Å². The van der Waals surface area contributed by atoms with E-state index in [4.69, 9.17) is 4.42 Å². The van der Waals surface area contributed by atoms with Gasteiger partial charge in [-0.05, 0) is 30.3 Å². The largest absolute Gasteiger partial charge is 0.454 e. The molecule has 0 bridgehead atoms. The Kier molecular flexibility index (Phi) is 5.95. The Hall–Kier alpha value is -4.40. The number of benzene rings is 1. The van der Waals surface area contributed by atoms with Crippen molar-refractivity contribution in [2.75, 3.05) is 5.32 Å². The van der Waals surface area contributed by atoms with E-state index in [1.165, 1.54) is 23.0 Å². The van der Waals surface area contributed by atoms with Crippen LogP contribution in [0, 0.1) is 11.3 Å². The number of amides is 1. The number of halogens is 4. The summed E-state index contributed by atoms with van der Waals surface area (Å²) in [6, 6.07) is 14.0. The van der Waals surface area contributed by atoms with E-state index in [9.17, 15) is 27.6 Å². The lowest BCUT2D eigenvalue weighted by molar-refractivity contribution is 0.0993. The Bertz CT molecular complexity index is 1320. The number of rotatable bonds is 7. The van der Waals surface area contributed by atoms with Gasteiger partial charge in [0.1, 0.15) is 28.8 Å². The summed E-state index contributed by atoms with van der Waals surface area (Å²) in [6.07, 6.45) is -4.74. The molecular formula is C21H14F4N6O2. The summed E-state index contributed by atoms with van der Waals surface area (Å²) in [6.45, 7) is -0.384. The summed E-state index contributed by atoms with van der Waals surface area (Å²) < 4.78 is 59.5. The highest BCUT2D eigenvalue weighted by molar-refractivity contribution is 6.02. The Morgan fingerprint density at radius 2 is 1.88 bits per heavy atom. The first-order valence-electron chi connectivity index (χ1n) is 9.45. The molecule has 1 N–H and O–H groups in total. The number of nitrogens with zero attached hydrogens (tertiary/aromatic N) is 5. The van der Waals surface area contributed by atoms with Crippen LogP contribution in [0.2, 0.25) is 0 Å². The van der Waals surface area contributed by atoms with Gasteiger partial charge in [0.05, 0.1) is 18.4 Å². The third kappa shape index (κ3) is 4.47. The maximum Gasteiger partial charge on any atom is 0.292 e. The van der Waals surface area contributed by atoms with Crippen LogP contribution < -0.4 is 5.32 Å². The predicted octanol–water partition coefficient (Wildman–Crippen LogP) is 4.71. The molecule has 0 aliphatic rings. The third-order valence-corrected chi connectivity index (χ3v) is 4.59. The molecule has 4 aromatic rings. The van der Waals surface area contributed by atoms with Crippen molar-refractivity contribution in [2.45, 2.75) is 19.4 Å². The van der Waals surface area contributed by atoms with Gasteiger partial charge in [0.15, 0.2) is 11.6 Å². The van der Waals surface area contributed by atoms with Crippen LogP contribution in [0.1, 0.15) is 46.1 Å². The molecule has 33 heavy (non-hydrogen) atoms. The molecule has 0 saturated carbocycles. The molecule has 8 nitrogen and oxygen atoms in total. The van der Waals surface area contributed by atoms with E-state index in [0.29, 0.717) is 16.4 Å². The van der Waals surface area contributed by atoms with Gasteiger partial charge < -0.3 is 9.73 Å². The quantitative estimate of drug-likeness (QED) is 0.404. The molecule has 0 aliphatic heterocycles. The zero-order chi connectivity index (χ0) is 23.5. The normalized spacial score (nSPS) is 11.2. The zero-order valence-electron chi connectivity index (χ0n) is 16.6. The molecule has 3 aromatic heterocycles. The minimum absolute atomic E-state index is 0.0445. The fourth-order valence-corrected chi connectivity index (χ4v) is 3.08. The first-order valence-corrected chi connectivity index (χ1v) is 9.45. The van der Waals surface area contributed by atoms with Gasteiger partial charge in [-0.25, -0.2) is 22.2 Å². The number of carbonyl (C=O) groups is 1. The highest BCUT2D eigenvalue weighted by Crippen LogP contribution is 2.26. The van der Waals surface area contributed by atoms with Crippen molar-refractivity contribution >= 4 is 11.7 Å². The molecule has 12 heteroatoms. The average Bonchev–Trinajstić information content (AvgIpc) is 3.53. The van der Waals surface area contributed by atoms with Gasteiger partial charge in [0, 0.05) is 0 Å². The van der Waals surface area contributed by atoms with Gasteiger partial charge in [-0.3, -0.25) is 9.48 Å². The molecule has 0 aliphatic carbocycles. The van der Waals surface area contributed by atoms with Crippen LogP contribution in [-0.4, -0.2) is 25.5 Å². The van der Waals surface area contributed by atoms with Crippen molar-refractivity contribution < 1.29 is 26.8 Å². The molecule has 0 unspecified atom stereocenters. The summed E-state index contributed by atoms with van der Waals surface area (Å²) in [4.78, 5) is 12.7. The number of hydrogen-bond acceptors (Lipinski definition) is 5. The van der Waals surface area contributed by atoms with Crippen LogP contribution >= 0.6 is 0 Å². The van der Waals surface area contributed by atoms with Gasteiger partial charge in [-0.15, -0.1) is 0 Å². The minimum atomic E-state index is -3.02. The van der Waals surface area contributed by atoms with Crippen LogP contribution in [0.15, 0.2) is 59.1 Å². The second-order valence-corrected chi connectivity index (χ2v) is 6.74. The van der Waals surface area contributed by atoms with Gasteiger partial charge in [-0.1, -0.05) is 18.2 Å². The number of para-hydroxylation sites is 1. The predicted molar refractivity (Wildman–Crippen MR) is 106 cm³/mol. The number of hydrogen-bond donors (Lipinski definition) is 1. The van der Waals surface area contributed by atoms with E-state index >= 15 is 0 Å². The fourth-order valence-electron chi connectivity index (χ4n) is 3.08. The maximum atomic E-state index is 13.2. The Labute approximate surface area is 183 Å². The van der Waals surface area contributed by atoms with E-state index < -0.39 is 30.1 Å². The van der Waals surface area contributed by atoms with Crippen molar-refractivity contribution in [3.63, 3.8) is 0 Å². The van der Waals surface area contributed by atoms with Crippen LogP contribution in [0.25, 0.3) is 5.69 Å². The number of furan rings is 1. The lowest BCUT2D eigenvalue weighted by Crippen LogP contribution is -2.15. The molecular weight excluding hydrogens is 444 g/mol. The van der Waals surface area contributed by atoms with Crippen molar-refractivity contribution in [1.82, 2.24) is 19.6 Å². The molecule has 4 rings (SSSR count). The summed E-state index contributed by atoms with van der Waals surface area (Å²) in [5.74, 6) is -0.754. The van der Waals surface area contributed by atoms with Crippen LogP contribution in [0.5, 0.6) is 0 Å². The number of aromatic nitrogens is 4. The lowest BCUT2D eigenvalue weighted by atomic mass is 10.3. The summed E-state index contributed by atoms with van der Waals surface area (Å²) in [5.41, 5.74) is -0.773. The monoisotopic (exact) mass is 458 g/mol. The van der Waals surface area contributed by atoms with E-state index in [0.717, 1.165) is 0 Å². The number of nitriles is 1. The molecule has 1 amide bonds. The molecule has 0 fully saturated rings. The number of alkyl halides is 4. The highest BCUT2D eigenvalue weighted by Gasteiger charge is 2.23. The minimum Gasteiger partial charge on any atom is -0.454 e. The highest BCUT2D eigenvalue weighted by atomic mass is 19.3. The van der Waals surface area contributed by atoms with Crippen LogP contribution in [0.3, 0.4) is 0 Å². The molecule has 0 spiro atoms. The van der Waals surface area contributed by atoms with Crippen molar-refractivity contribution in [1.29, 1.82) is 5.26 Å². The average molecular weight is 458 g/mol. The first-order chi connectivity index (χ1) is 15.9. The summed E-state index contributed by atoms with van der Waals surface area (Å²) in [7, 11) is 0. The molecule has 0 saturated heterocycles. The molecule has 3 heterocycles. The van der Waals surface area contributed by atoms with Gasteiger partial charge >= 0.3 is 0 Å². The Balaban J connectivity index is 1.56. The Morgan fingerprint density at radius 3 is 2.55 bits per heavy atom. The van der Waals surface area contributed by atoms with E-state index in [1.807, 2.05) is 6.07 Å². The molecule has 0 atom stereocenters. The van der Waals surface area contributed by atoms with Gasteiger partial charge in [-0.2, -0.15) is 15.5 Å². The third-order valence-electron chi connectivity index (χ3n) is 4.59. The summed E-state index contributed by atoms with van der Waals surface area (Å²) >= 11 is 0. The standard InChI is InChI=1S/C21H14F4N6O2/c22-18(23)15-8-16(19(24)25)30(29-15)11-14-6-7-17(33-14)21(32)28-20-12(9-26)10-27-31(20)13-4-2-1-3-5-13/h1-8,10,18-19H,11H2,(H,28,32). The SMILES string of the molecule is N#Cc1cnn(-c2ccccc2)c1NC(=O)c1ccc(Cn2nc(C(F)F)cc2C(F)F)o1. The second-order valence-electron chi connectivity index (χ2n) is 6.74. The van der Waals surface area contributed by atoms with E-state index in [-0.39, 0.29) is 29.4 Å². The van der Waals surface area contributed by atoms with Gasteiger partial charge in [0.2, 0.25) is 0 Å². The maximum absolute atomic E-state index is 13.2.